The highest BCUT2D eigenvalue weighted by Gasteiger charge is 2.18. The second-order valence-electron chi connectivity index (χ2n) is 4.00. The Morgan fingerprint density at radius 3 is 2.50 bits per heavy atom. The molecule has 0 fully saturated rings. The lowest BCUT2D eigenvalue weighted by molar-refractivity contribution is -0.120. The van der Waals surface area contributed by atoms with Crippen LogP contribution in [0.1, 0.15) is 18.9 Å². The molecule has 0 aliphatic carbocycles. The smallest absolute Gasteiger partial charge is 0.250 e. The normalized spacial score (nSPS) is 13.0. The van der Waals surface area contributed by atoms with E-state index in [1.165, 1.54) is 6.92 Å². The van der Waals surface area contributed by atoms with Gasteiger partial charge in [-0.3, -0.25) is 9.52 Å². The van der Waals surface area contributed by atoms with E-state index < -0.39 is 22.0 Å². The van der Waals surface area contributed by atoms with Crippen LogP contribution < -0.4 is 10.5 Å². The number of nitrogens with two attached hydrogens (primary N) is 1. The van der Waals surface area contributed by atoms with Crippen molar-refractivity contribution < 1.29 is 13.2 Å². The number of sulfonamides is 1. The second kappa shape index (κ2) is 6.51. The third-order valence-electron chi connectivity index (χ3n) is 2.56. The van der Waals surface area contributed by atoms with Crippen molar-refractivity contribution in [1.82, 2.24) is 4.72 Å². The monoisotopic (exact) mass is 270 g/mol. The van der Waals surface area contributed by atoms with Gasteiger partial charge in [0.15, 0.2) is 0 Å². The first-order valence-corrected chi connectivity index (χ1v) is 7.43. The van der Waals surface area contributed by atoms with E-state index in [-0.39, 0.29) is 5.75 Å². The summed E-state index contributed by atoms with van der Waals surface area (Å²) in [6.45, 7) is 1.46. The molecule has 0 saturated heterocycles. The van der Waals surface area contributed by atoms with E-state index in [1.54, 1.807) is 0 Å². The highest BCUT2D eigenvalue weighted by atomic mass is 32.2. The first-order chi connectivity index (χ1) is 8.44. The maximum absolute atomic E-state index is 11.5. The molecular weight excluding hydrogens is 252 g/mol. The summed E-state index contributed by atoms with van der Waals surface area (Å²) in [6.07, 6.45) is 1.05. The van der Waals surface area contributed by atoms with Crippen molar-refractivity contribution in [3.8, 4) is 0 Å². The van der Waals surface area contributed by atoms with Gasteiger partial charge in [0, 0.05) is 0 Å². The number of benzene rings is 1. The Morgan fingerprint density at radius 2 is 1.94 bits per heavy atom. The number of nitrogens with one attached hydrogen (secondary N) is 1. The third-order valence-corrected chi connectivity index (χ3v) is 3.83. The van der Waals surface area contributed by atoms with Gasteiger partial charge < -0.3 is 5.73 Å². The topological polar surface area (TPSA) is 89.3 Å². The SMILES string of the molecule is CCS(=O)(=O)NC(=O)C(N)CCc1ccccc1. The minimum Gasteiger partial charge on any atom is -0.320 e. The third kappa shape index (κ3) is 4.85. The highest BCUT2D eigenvalue weighted by molar-refractivity contribution is 7.90. The molecule has 1 aromatic carbocycles. The maximum Gasteiger partial charge on any atom is 0.250 e. The van der Waals surface area contributed by atoms with Crippen LogP contribution in [-0.2, 0) is 21.2 Å². The minimum atomic E-state index is -3.53. The predicted octanol–water partition coefficient (Wildman–Crippen LogP) is 0.412. The molecule has 18 heavy (non-hydrogen) atoms. The van der Waals surface area contributed by atoms with Gasteiger partial charge in [0.05, 0.1) is 11.8 Å². The van der Waals surface area contributed by atoms with E-state index in [0.29, 0.717) is 12.8 Å². The first kappa shape index (κ1) is 14.7. The lowest BCUT2D eigenvalue weighted by Gasteiger charge is -2.11. The molecule has 0 aliphatic rings. The number of carbonyl (C=O) groups excluding carboxylic acids is 1. The summed E-state index contributed by atoms with van der Waals surface area (Å²) in [5.41, 5.74) is 6.72. The Bertz CT molecular complexity index is 485. The number of rotatable bonds is 6. The Balaban J connectivity index is 2.46. The predicted molar refractivity (Wildman–Crippen MR) is 70.3 cm³/mol. The zero-order valence-electron chi connectivity index (χ0n) is 10.3. The van der Waals surface area contributed by atoms with Crippen LogP contribution in [0.5, 0.6) is 0 Å². The van der Waals surface area contributed by atoms with E-state index >= 15 is 0 Å². The number of hydrogen-bond donors (Lipinski definition) is 2. The molecule has 0 aliphatic heterocycles. The van der Waals surface area contributed by atoms with Crippen molar-refractivity contribution in [2.24, 2.45) is 5.73 Å². The molecule has 0 bridgehead atoms. The van der Waals surface area contributed by atoms with Crippen molar-refractivity contribution >= 4 is 15.9 Å². The summed E-state index contributed by atoms with van der Waals surface area (Å²) in [6, 6.07) is 8.78. The average molecular weight is 270 g/mol. The second-order valence-corrected chi connectivity index (χ2v) is 6.01. The fourth-order valence-electron chi connectivity index (χ4n) is 1.40. The van der Waals surface area contributed by atoms with E-state index in [2.05, 4.69) is 0 Å². The molecule has 1 unspecified atom stereocenters. The van der Waals surface area contributed by atoms with Crippen LogP contribution >= 0.6 is 0 Å². The van der Waals surface area contributed by atoms with Crippen molar-refractivity contribution in [2.75, 3.05) is 5.75 Å². The van der Waals surface area contributed by atoms with Crippen LogP contribution in [0.2, 0.25) is 0 Å². The molecule has 1 rings (SSSR count). The summed E-state index contributed by atoms with van der Waals surface area (Å²) in [5, 5.41) is 0. The van der Waals surface area contributed by atoms with Gasteiger partial charge in [-0.15, -0.1) is 0 Å². The van der Waals surface area contributed by atoms with Gasteiger partial charge in [-0.05, 0) is 25.3 Å². The largest absolute Gasteiger partial charge is 0.320 e. The Kier molecular flexibility index (Phi) is 5.30. The molecule has 0 aromatic heterocycles. The number of hydrogen-bond acceptors (Lipinski definition) is 4. The molecule has 1 atom stereocenters. The number of carbonyl (C=O) groups is 1. The van der Waals surface area contributed by atoms with Crippen molar-refractivity contribution in [1.29, 1.82) is 0 Å². The fraction of sp³-hybridized carbons (Fsp3) is 0.417. The Hall–Kier alpha value is -1.40. The summed E-state index contributed by atoms with van der Waals surface area (Å²) >= 11 is 0. The molecule has 3 N–H and O–H groups in total. The zero-order valence-corrected chi connectivity index (χ0v) is 11.1. The van der Waals surface area contributed by atoms with Crippen LogP contribution in [0.3, 0.4) is 0 Å². The molecule has 0 heterocycles. The van der Waals surface area contributed by atoms with E-state index in [9.17, 15) is 13.2 Å². The van der Waals surface area contributed by atoms with Crippen LogP contribution in [-0.4, -0.2) is 26.1 Å². The van der Waals surface area contributed by atoms with Crippen molar-refractivity contribution in [3.63, 3.8) is 0 Å². The van der Waals surface area contributed by atoms with E-state index in [4.69, 9.17) is 5.73 Å². The van der Waals surface area contributed by atoms with E-state index in [1.807, 2.05) is 35.1 Å². The molecule has 0 spiro atoms. The molecule has 5 nitrogen and oxygen atoms in total. The summed E-state index contributed by atoms with van der Waals surface area (Å²) < 4.78 is 24.4. The fourth-order valence-corrected chi connectivity index (χ4v) is 2.00. The summed E-state index contributed by atoms with van der Waals surface area (Å²) in [7, 11) is -3.53. The van der Waals surface area contributed by atoms with Crippen LogP contribution in [0.15, 0.2) is 30.3 Å². The van der Waals surface area contributed by atoms with Gasteiger partial charge in [0.1, 0.15) is 0 Å². The molecule has 0 saturated carbocycles. The van der Waals surface area contributed by atoms with E-state index in [0.717, 1.165) is 5.56 Å². The molecular formula is C12H18N2O3S. The van der Waals surface area contributed by atoms with Gasteiger partial charge in [-0.1, -0.05) is 30.3 Å². The van der Waals surface area contributed by atoms with Gasteiger partial charge in [0.25, 0.3) is 0 Å². The van der Waals surface area contributed by atoms with Gasteiger partial charge in [-0.2, -0.15) is 0 Å². The summed E-state index contributed by atoms with van der Waals surface area (Å²) in [5.74, 6) is -0.780. The molecule has 1 aromatic rings. The average Bonchev–Trinajstić information content (AvgIpc) is 2.36. The maximum atomic E-state index is 11.5. The highest BCUT2D eigenvalue weighted by Crippen LogP contribution is 2.04. The molecule has 100 valence electrons. The Labute approximate surface area is 107 Å². The van der Waals surface area contributed by atoms with Gasteiger partial charge in [0.2, 0.25) is 15.9 Å². The zero-order chi connectivity index (χ0) is 13.6. The van der Waals surface area contributed by atoms with Crippen LogP contribution in [0, 0.1) is 0 Å². The Morgan fingerprint density at radius 1 is 1.33 bits per heavy atom. The lowest BCUT2D eigenvalue weighted by atomic mass is 10.1. The standard InChI is InChI=1S/C12H18N2O3S/c1-2-18(16,17)14-12(15)11(13)9-8-10-6-4-3-5-7-10/h3-7,11H,2,8-9,13H2,1H3,(H,14,15). The quantitative estimate of drug-likeness (QED) is 0.783. The van der Waals surface area contributed by atoms with Gasteiger partial charge in [-0.25, -0.2) is 8.42 Å². The van der Waals surface area contributed by atoms with Crippen LogP contribution in [0.25, 0.3) is 0 Å². The molecule has 1 amide bonds. The summed E-state index contributed by atoms with van der Waals surface area (Å²) in [4.78, 5) is 11.5. The van der Waals surface area contributed by atoms with Crippen molar-refractivity contribution in [2.45, 2.75) is 25.8 Å². The molecule has 0 radical (unpaired) electrons. The number of amides is 1. The van der Waals surface area contributed by atoms with Crippen molar-refractivity contribution in [3.05, 3.63) is 35.9 Å². The molecule has 6 heteroatoms. The van der Waals surface area contributed by atoms with Crippen LogP contribution in [0.4, 0.5) is 0 Å². The van der Waals surface area contributed by atoms with Gasteiger partial charge >= 0.3 is 0 Å². The first-order valence-electron chi connectivity index (χ1n) is 5.78. The number of aryl methyl sites for hydroxylation is 1. The minimum absolute atomic E-state index is 0.135. The lowest BCUT2D eigenvalue weighted by Crippen LogP contribution is -2.44.